The van der Waals surface area contributed by atoms with E-state index < -0.39 is 0 Å². The number of ether oxygens (including phenoxy) is 1. The molecule has 1 aromatic rings. The summed E-state index contributed by atoms with van der Waals surface area (Å²) in [4.78, 5) is 8.67. The fourth-order valence-corrected chi connectivity index (χ4v) is 1.34. The summed E-state index contributed by atoms with van der Waals surface area (Å²) in [6.07, 6.45) is 2.75. The monoisotopic (exact) mass is 179 g/mol. The Kier molecular flexibility index (Phi) is 2.52. The molecule has 1 N–H and O–H groups in total. The fourth-order valence-electron chi connectivity index (χ4n) is 1.34. The predicted molar refractivity (Wildman–Crippen MR) is 48.2 cm³/mol. The first kappa shape index (κ1) is 8.59. The van der Waals surface area contributed by atoms with Gasteiger partial charge < -0.3 is 10.1 Å². The van der Waals surface area contributed by atoms with Gasteiger partial charge >= 0.3 is 0 Å². The molecule has 1 aliphatic heterocycles. The maximum atomic E-state index is 5.26. The molecule has 2 rings (SSSR count). The van der Waals surface area contributed by atoms with Crippen molar-refractivity contribution in [3.63, 3.8) is 0 Å². The van der Waals surface area contributed by atoms with Crippen LogP contribution < -0.4 is 5.32 Å². The summed E-state index contributed by atoms with van der Waals surface area (Å²) < 4.78 is 5.26. The number of fused-ring (bicyclic) bond motifs is 1. The summed E-state index contributed by atoms with van der Waals surface area (Å²) in [6.45, 7) is 2.23. The molecule has 1 aromatic heterocycles. The molecule has 13 heavy (non-hydrogen) atoms. The molecule has 70 valence electrons. The lowest BCUT2D eigenvalue weighted by molar-refractivity contribution is 0.133. The van der Waals surface area contributed by atoms with Gasteiger partial charge in [-0.25, -0.2) is 9.97 Å². The minimum absolute atomic E-state index is 0.643. The van der Waals surface area contributed by atoms with E-state index in [2.05, 4.69) is 15.3 Å². The fraction of sp³-hybridized carbons (Fsp3) is 0.556. The van der Waals surface area contributed by atoms with Crippen LogP contribution in [-0.4, -0.2) is 23.6 Å². The van der Waals surface area contributed by atoms with Gasteiger partial charge in [0.15, 0.2) is 0 Å². The maximum absolute atomic E-state index is 5.26. The maximum Gasteiger partial charge on any atom is 0.129 e. The van der Waals surface area contributed by atoms with Crippen LogP contribution in [0, 0.1) is 0 Å². The normalized spacial score (nSPS) is 14.5. The third-order valence-corrected chi connectivity index (χ3v) is 2.10. The zero-order valence-electron chi connectivity index (χ0n) is 7.71. The highest BCUT2D eigenvalue weighted by atomic mass is 16.5. The van der Waals surface area contributed by atoms with Crippen LogP contribution in [0.1, 0.15) is 17.1 Å². The molecule has 0 unspecified atom stereocenters. The van der Waals surface area contributed by atoms with Crippen molar-refractivity contribution in [3.05, 3.63) is 23.3 Å². The third-order valence-electron chi connectivity index (χ3n) is 2.10. The second-order valence-electron chi connectivity index (χ2n) is 3.10. The smallest absolute Gasteiger partial charge is 0.129 e. The average Bonchev–Trinajstić information content (AvgIpc) is 2.61. The SMILES string of the molecule is CNCCc1ncc2c(n1)COC2. The topological polar surface area (TPSA) is 47.0 Å². The van der Waals surface area contributed by atoms with E-state index in [-0.39, 0.29) is 0 Å². The molecule has 0 spiro atoms. The molecule has 0 bridgehead atoms. The molecule has 2 heterocycles. The van der Waals surface area contributed by atoms with Crippen LogP contribution in [0.2, 0.25) is 0 Å². The predicted octanol–water partition coefficient (Wildman–Crippen LogP) is 0.269. The van der Waals surface area contributed by atoms with Crippen molar-refractivity contribution in [2.24, 2.45) is 0 Å². The van der Waals surface area contributed by atoms with E-state index in [0.29, 0.717) is 13.2 Å². The molecule has 0 saturated carbocycles. The van der Waals surface area contributed by atoms with Crippen LogP contribution in [0.25, 0.3) is 0 Å². The third kappa shape index (κ3) is 1.84. The Morgan fingerprint density at radius 1 is 1.54 bits per heavy atom. The summed E-state index contributed by atoms with van der Waals surface area (Å²) in [5, 5.41) is 3.07. The Balaban J connectivity index is 2.12. The number of likely N-dealkylation sites (N-methyl/N-ethyl adjacent to an activating group) is 1. The summed E-state index contributed by atoms with van der Waals surface area (Å²) in [6, 6.07) is 0. The molecule has 0 aliphatic carbocycles. The van der Waals surface area contributed by atoms with Crippen molar-refractivity contribution in [1.29, 1.82) is 0 Å². The zero-order valence-corrected chi connectivity index (χ0v) is 7.71. The molecule has 4 nitrogen and oxygen atoms in total. The van der Waals surface area contributed by atoms with Gasteiger partial charge in [-0.3, -0.25) is 0 Å². The van der Waals surface area contributed by atoms with E-state index in [1.807, 2.05) is 13.2 Å². The van der Waals surface area contributed by atoms with E-state index in [1.54, 1.807) is 0 Å². The Morgan fingerprint density at radius 3 is 3.31 bits per heavy atom. The number of nitrogens with zero attached hydrogens (tertiary/aromatic N) is 2. The van der Waals surface area contributed by atoms with Crippen LogP contribution in [0.5, 0.6) is 0 Å². The van der Waals surface area contributed by atoms with Crippen molar-refractivity contribution in [2.45, 2.75) is 19.6 Å². The van der Waals surface area contributed by atoms with Gasteiger partial charge in [-0.2, -0.15) is 0 Å². The van der Waals surface area contributed by atoms with Crippen molar-refractivity contribution in [2.75, 3.05) is 13.6 Å². The number of hydrogen-bond acceptors (Lipinski definition) is 4. The Morgan fingerprint density at radius 2 is 2.46 bits per heavy atom. The molecule has 0 fully saturated rings. The molecular formula is C9H13N3O. The van der Waals surface area contributed by atoms with Crippen molar-refractivity contribution < 1.29 is 4.74 Å². The second kappa shape index (κ2) is 3.81. The van der Waals surface area contributed by atoms with Crippen molar-refractivity contribution in [3.8, 4) is 0 Å². The summed E-state index contributed by atoms with van der Waals surface area (Å²) in [7, 11) is 1.93. The highest BCUT2D eigenvalue weighted by Gasteiger charge is 2.13. The van der Waals surface area contributed by atoms with Gasteiger partial charge in [-0.05, 0) is 7.05 Å². The molecule has 4 heteroatoms. The first-order chi connectivity index (χ1) is 6.40. The van der Waals surface area contributed by atoms with Crippen LogP contribution in [-0.2, 0) is 24.4 Å². The first-order valence-corrected chi connectivity index (χ1v) is 4.46. The van der Waals surface area contributed by atoms with Gasteiger partial charge in [-0.1, -0.05) is 0 Å². The molecule has 0 saturated heterocycles. The van der Waals surface area contributed by atoms with Crippen LogP contribution >= 0.6 is 0 Å². The lowest BCUT2D eigenvalue weighted by Gasteiger charge is -2.00. The molecule has 0 amide bonds. The zero-order chi connectivity index (χ0) is 9.10. The van der Waals surface area contributed by atoms with Crippen molar-refractivity contribution in [1.82, 2.24) is 15.3 Å². The van der Waals surface area contributed by atoms with Crippen LogP contribution in [0.4, 0.5) is 0 Å². The minimum Gasteiger partial charge on any atom is -0.370 e. The largest absolute Gasteiger partial charge is 0.370 e. The molecule has 1 aliphatic rings. The number of hydrogen-bond donors (Lipinski definition) is 1. The standard InChI is InChI=1S/C9H13N3O/c1-10-3-2-9-11-4-7-5-13-6-8(7)12-9/h4,10H,2-3,5-6H2,1H3. The van der Waals surface area contributed by atoms with Gasteiger partial charge in [0.1, 0.15) is 5.82 Å². The van der Waals surface area contributed by atoms with E-state index in [9.17, 15) is 0 Å². The van der Waals surface area contributed by atoms with Crippen molar-refractivity contribution >= 4 is 0 Å². The quantitative estimate of drug-likeness (QED) is 0.723. The van der Waals surface area contributed by atoms with Gasteiger partial charge in [0, 0.05) is 24.7 Å². The minimum atomic E-state index is 0.643. The van der Waals surface area contributed by atoms with Crippen LogP contribution in [0.3, 0.4) is 0 Å². The average molecular weight is 179 g/mol. The Bertz CT molecular complexity index is 301. The number of nitrogens with one attached hydrogen (secondary N) is 1. The summed E-state index contributed by atoms with van der Waals surface area (Å²) >= 11 is 0. The number of rotatable bonds is 3. The second-order valence-corrected chi connectivity index (χ2v) is 3.10. The van der Waals surface area contributed by atoms with E-state index in [4.69, 9.17) is 4.74 Å². The number of aromatic nitrogens is 2. The summed E-state index contributed by atoms with van der Waals surface area (Å²) in [5.41, 5.74) is 2.19. The van der Waals surface area contributed by atoms with Gasteiger partial charge in [0.25, 0.3) is 0 Å². The first-order valence-electron chi connectivity index (χ1n) is 4.46. The highest BCUT2D eigenvalue weighted by molar-refractivity contribution is 5.18. The van der Waals surface area contributed by atoms with Gasteiger partial charge in [0.2, 0.25) is 0 Å². The van der Waals surface area contributed by atoms with Gasteiger partial charge in [-0.15, -0.1) is 0 Å². The molecule has 0 aromatic carbocycles. The molecular weight excluding hydrogens is 166 g/mol. The van der Waals surface area contributed by atoms with Crippen LogP contribution in [0.15, 0.2) is 6.20 Å². The van der Waals surface area contributed by atoms with Gasteiger partial charge in [0.05, 0.1) is 18.9 Å². The van der Waals surface area contributed by atoms with E-state index in [0.717, 1.165) is 30.0 Å². The molecule has 0 radical (unpaired) electrons. The lowest BCUT2D eigenvalue weighted by atomic mass is 10.2. The highest BCUT2D eigenvalue weighted by Crippen LogP contribution is 2.15. The Labute approximate surface area is 77.4 Å². The summed E-state index contributed by atoms with van der Waals surface area (Å²) in [5.74, 6) is 0.901. The molecule has 0 atom stereocenters. The van der Waals surface area contributed by atoms with E-state index in [1.165, 1.54) is 0 Å². The Hall–Kier alpha value is -1.00. The van der Waals surface area contributed by atoms with E-state index >= 15 is 0 Å². The lowest BCUT2D eigenvalue weighted by Crippen LogP contribution is -2.12.